The molecule has 3 amide bonds. The highest BCUT2D eigenvalue weighted by molar-refractivity contribution is 6.05. The SMILES string of the molecule is CC(C)CC[C@@H]1CCc2cc(O)ccc2[C@@H]1c1ccc(N2CCC(CN3CCN(c4ccc5c(c4)CN(C4CCC(=O)NC4=O)C5=O)CC3)CC2)cc1. The van der Waals surface area contributed by atoms with Gasteiger partial charge in [0.15, 0.2) is 0 Å². The largest absolute Gasteiger partial charge is 0.508 e. The number of hydrogen-bond acceptors (Lipinski definition) is 7. The van der Waals surface area contributed by atoms with Crippen LogP contribution in [-0.4, -0.2) is 84.5 Å². The molecule has 0 saturated carbocycles. The second-order valence-electron chi connectivity index (χ2n) is 16.7. The molecule has 0 radical (unpaired) electrons. The molecule has 9 heteroatoms. The molecular formula is C44H55N5O4. The molecule has 2 N–H and O–H groups in total. The van der Waals surface area contributed by atoms with Crippen LogP contribution in [0.5, 0.6) is 5.75 Å². The molecule has 3 aromatic carbocycles. The molecule has 4 aliphatic heterocycles. The van der Waals surface area contributed by atoms with Crippen molar-refractivity contribution in [3.63, 3.8) is 0 Å². The number of hydrogen-bond donors (Lipinski definition) is 2. The van der Waals surface area contributed by atoms with Gasteiger partial charge in [-0.2, -0.15) is 0 Å². The van der Waals surface area contributed by atoms with E-state index in [4.69, 9.17) is 0 Å². The van der Waals surface area contributed by atoms with Crippen molar-refractivity contribution in [2.75, 3.05) is 55.6 Å². The number of piperazine rings is 1. The van der Waals surface area contributed by atoms with E-state index < -0.39 is 6.04 Å². The summed E-state index contributed by atoms with van der Waals surface area (Å²) in [5, 5.41) is 12.6. The minimum Gasteiger partial charge on any atom is -0.508 e. The Morgan fingerprint density at radius 1 is 0.774 bits per heavy atom. The Morgan fingerprint density at radius 2 is 1.51 bits per heavy atom. The zero-order valence-electron chi connectivity index (χ0n) is 31.4. The van der Waals surface area contributed by atoms with Crippen LogP contribution in [0.4, 0.5) is 11.4 Å². The van der Waals surface area contributed by atoms with E-state index in [9.17, 15) is 19.5 Å². The Balaban J connectivity index is 0.825. The third kappa shape index (κ3) is 7.55. The number of imide groups is 1. The van der Waals surface area contributed by atoms with Crippen LogP contribution in [0.3, 0.4) is 0 Å². The number of nitrogens with zero attached hydrogens (tertiary/aromatic N) is 4. The number of carbonyl (C=O) groups is 3. The highest BCUT2D eigenvalue weighted by Crippen LogP contribution is 2.44. The minimum atomic E-state index is -0.582. The fourth-order valence-corrected chi connectivity index (χ4v) is 9.76. The molecule has 1 aliphatic carbocycles. The van der Waals surface area contributed by atoms with Crippen LogP contribution in [0.2, 0.25) is 0 Å². The molecule has 3 saturated heterocycles. The van der Waals surface area contributed by atoms with Crippen molar-refractivity contribution < 1.29 is 19.5 Å². The summed E-state index contributed by atoms with van der Waals surface area (Å²) in [6.07, 6.45) is 7.80. The lowest BCUT2D eigenvalue weighted by Gasteiger charge is -2.40. The number of anilines is 2. The monoisotopic (exact) mass is 717 g/mol. The lowest BCUT2D eigenvalue weighted by molar-refractivity contribution is -0.136. The first-order valence-corrected chi connectivity index (χ1v) is 20.1. The number of carbonyl (C=O) groups excluding carboxylic acids is 3. The van der Waals surface area contributed by atoms with Gasteiger partial charge >= 0.3 is 0 Å². The molecule has 280 valence electrons. The number of piperidine rings is 2. The van der Waals surface area contributed by atoms with Gasteiger partial charge in [0, 0.05) is 81.6 Å². The Hall–Kier alpha value is -4.37. The second kappa shape index (κ2) is 15.2. The van der Waals surface area contributed by atoms with Crippen LogP contribution < -0.4 is 15.1 Å². The molecule has 0 bridgehead atoms. The molecule has 5 aliphatic rings. The van der Waals surface area contributed by atoms with Crippen LogP contribution in [0, 0.1) is 17.8 Å². The summed E-state index contributed by atoms with van der Waals surface area (Å²) in [7, 11) is 0. The average molecular weight is 718 g/mol. The van der Waals surface area contributed by atoms with Crippen molar-refractivity contribution in [2.45, 2.75) is 83.7 Å². The number of rotatable bonds is 9. The first-order chi connectivity index (χ1) is 25.7. The molecule has 9 nitrogen and oxygen atoms in total. The summed E-state index contributed by atoms with van der Waals surface area (Å²) >= 11 is 0. The van der Waals surface area contributed by atoms with Crippen LogP contribution in [-0.2, 0) is 22.6 Å². The Bertz CT molecular complexity index is 1830. The number of phenolic OH excluding ortho intramolecular Hbond substituents is 1. The van der Waals surface area contributed by atoms with Gasteiger partial charge in [0.2, 0.25) is 11.8 Å². The summed E-state index contributed by atoms with van der Waals surface area (Å²) < 4.78 is 0. The van der Waals surface area contributed by atoms with Gasteiger partial charge in [0.1, 0.15) is 11.8 Å². The molecular weight excluding hydrogens is 663 g/mol. The fraction of sp³-hybridized carbons (Fsp3) is 0.523. The molecule has 1 unspecified atom stereocenters. The first kappa shape index (κ1) is 35.6. The summed E-state index contributed by atoms with van der Waals surface area (Å²) in [5.74, 6) is 2.07. The number of fused-ring (bicyclic) bond motifs is 2. The number of nitrogens with one attached hydrogen (secondary N) is 1. The number of aromatic hydroxyl groups is 1. The third-order valence-corrected chi connectivity index (χ3v) is 12.8. The maximum atomic E-state index is 13.1. The molecule has 3 atom stereocenters. The molecule has 3 aromatic rings. The van der Waals surface area contributed by atoms with Gasteiger partial charge < -0.3 is 19.8 Å². The maximum absolute atomic E-state index is 13.1. The molecule has 3 fully saturated rings. The van der Waals surface area contributed by atoms with Crippen LogP contribution >= 0.6 is 0 Å². The highest BCUT2D eigenvalue weighted by atomic mass is 16.3. The van der Waals surface area contributed by atoms with Crippen LogP contribution in [0.1, 0.15) is 97.3 Å². The summed E-state index contributed by atoms with van der Waals surface area (Å²) in [6.45, 7) is 12.4. The van der Waals surface area contributed by atoms with E-state index in [0.29, 0.717) is 48.0 Å². The topological polar surface area (TPSA) is 96.4 Å². The van der Waals surface area contributed by atoms with Gasteiger partial charge in [-0.05, 0) is 121 Å². The van der Waals surface area contributed by atoms with Gasteiger partial charge in [-0.1, -0.05) is 38.5 Å². The average Bonchev–Trinajstić information content (AvgIpc) is 3.49. The maximum Gasteiger partial charge on any atom is 0.255 e. The third-order valence-electron chi connectivity index (χ3n) is 12.8. The normalized spacial score (nSPS) is 24.1. The van der Waals surface area contributed by atoms with Gasteiger partial charge in [0.25, 0.3) is 5.91 Å². The summed E-state index contributed by atoms with van der Waals surface area (Å²) in [4.78, 5) is 46.5. The lowest BCUT2D eigenvalue weighted by Crippen LogP contribution is -2.52. The molecule has 4 heterocycles. The molecule has 0 spiro atoms. The predicted octanol–water partition coefficient (Wildman–Crippen LogP) is 6.32. The number of amides is 3. The fourth-order valence-electron chi connectivity index (χ4n) is 9.76. The Morgan fingerprint density at radius 3 is 2.25 bits per heavy atom. The number of phenols is 1. The highest BCUT2D eigenvalue weighted by Gasteiger charge is 2.39. The number of benzene rings is 3. The van der Waals surface area contributed by atoms with Crippen LogP contribution in [0.15, 0.2) is 60.7 Å². The van der Waals surface area contributed by atoms with E-state index in [1.165, 1.54) is 54.5 Å². The quantitative estimate of drug-likeness (QED) is 0.250. The molecule has 53 heavy (non-hydrogen) atoms. The van der Waals surface area contributed by atoms with Gasteiger partial charge in [-0.15, -0.1) is 0 Å². The van der Waals surface area contributed by atoms with Gasteiger partial charge in [-0.25, -0.2) is 0 Å². The van der Waals surface area contributed by atoms with Crippen molar-refractivity contribution in [3.05, 3.63) is 88.5 Å². The summed E-state index contributed by atoms with van der Waals surface area (Å²) in [5.41, 5.74) is 8.22. The predicted molar refractivity (Wildman–Crippen MR) is 208 cm³/mol. The van der Waals surface area contributed by atoms with E-state index in [1.54, 1.807) is 4.90 Å². The van der Waals surface area contributed by atoms with E-state index in [-0.39, 0.29) is 24.1 Å². The van der Waals surface area contributed by atoms with Gasteiger partial charge in [0.05, 0.1) is 0 Å². The van der Waals surface area contributed by atoms with Gasteiger partial charge in [-0.3, -0.25) is 24.6 Å². The Labute approximate surface area is 314 Å². The van der Waals surface area contributed by atoms with E-state index in [2.05, 4.69) is 70.3 Å². The standard InChI is InChI=1S/C44H55N5O4/c1-29(2)3-4-31-5-6-33-26-37(50)12-14-38(33)42(31)32-7-9-35(10-8-32)47-19-17-30(18-20-47)27-46-21-23-48(24-22-46)36-11-13-39-34(25-36)28-49(44(39)53)40-15-16-41(51)45-43(40)52/h7-14,25-26,29-31,40,42,50H,3-6,15-24,27-28H2,1-2H3,(H,45,51,52)/t31-,40?,42+/m1/s1. The van der Waals surface area contributed by atoms with E-state index in [0.717, 1.165) is 63.5 Å². The van der Waals surface area contributed by atoms with Crippen molar-refractivity contribution >= 4 is 29.1 Å². The second-order valence-corrected chi connectivity index (χ2v) is 16.7. The van der Waals surface area contributed by atoms with Crippen LogP contribution in [0.25, 0.3) is 0 Å². The zero-order chi connectivity index (χ0) is 36.6. The smallest absolute Gasteiger partial charge is 0.255 e. The van der Waals surface area contributed by atoms with E-state index >= 15 is 0 Å². The number of aryl methyl sites for hydroxylation is 1. The van der Waals surface area contributed by atoms with Crippen molar-refractivity contribution in [1.82, 2.24) is 15.1 Å². The zero-order valence-corrected chi connectivity index (χ0v) is 31.4. The lowest BCUT2D eigenvalue weighted by atomic mass is 9.70. The van der Waals surface area contributed by atoms with E-state index in [1.807, 2.05) is 24.3 Å². The van der Waals surface area contributed by atoms with Crippen molar-refractivity contribution in [2.24, 2.45) is 17.8 Å². The van der Waals surface area contributed by atoms with Crippen molar-refractivity contribution in [1.29, 1.82) is 0 Å². The minimum absolute atomic E-state index is 0.118. The molecule has 0 aromatic heterocycles. The van der Waals surface area contributed by atoms with Crippen molar-refractivity contribution in [3.8, 4) is 5.75 Å². The Kier molecular flexibility index (Phi) is 10.2. The first-order valence-electron chi connectivity index (χ1n) is 20.1. The summed E-state index contributed by atoms with van der Waals surface area (Å²) in [6, 6.07) is 21.0. The molecule has 8 rings (SSSR count).